The minimum Gasteiger partial charge on any atom is -0.439 e. The van der Waals surface area contributed by atoms with Gasteiger partial charge in [-0.3, -0.25) is 14.7 Å². The molecule has 0 aliphatic carbocycles. The molecule has 0 fully saturated rings. The number of anilines is 1. The zero-order valence-corrected chi connectivity index (χ0v) is 12.7. The number of aromatic nitrogens is 2. The van der Waals surface area contributed by atoms with E-state index in [1.807, 2.05) is 0 Å². The van der Waals surface area contributed by atoms with Crippen LogP contribution in [0.1, 0.15) is 22.8 Å². The van der Waals surface area contributed by atoms with Crippen LogP contribution in [0.5, 0.6) is 0 Å². The van der Waals surface area contributed by atoms with Gasteiger partial charge < -0.3 is 15.8 Å². The fraction of sp³-hybridized carbons (Fsp3) is 0.200. The molecule has 0 aliphatic rings. The second-order valence-corrected chi connectivity index (χ2v) is 4.94. The van der Waals surface area contributed by atoms with E-state index in [1.165, 1.54) is 25.3 Å². The molecule has 4 N–H and O–H groups in total. The van der Waals surface area contributed by atoms with Gasteiger partial charge in [0.05, 0.1) is 0 Å². The lowest BCUT2D eigenvalue weighted by atomic mass is 9.99. The van der Waals surface area contributed by atoms with Gasteiger partial charge in [0.15, 0.2) is 17.7 Å². The van der Waals surface area contributed by atoms with E-state index >= 15 is 0 Å². The highest BCUT2D eigenvalue weighted by atomic mass is 19.1. The first kappa shape index (κ1) is 17.1. The van der Waals surface area contributed by atoms with Gasteiger partial charge in [-0.1, -0.05) is 6.07 Å². The van der Waals surface area contributed by atoms with Crippen molar-refractivity contribution >= 4 is 23.6 Å². The Balaban J connectivity index is 2.19. The van der Waals surface area contributed by atoms with Crippen LogP contribution in [0.4, 0.5) is 15.0 Å². The number of ether oxygens (including phenoxy) is 1. The second kappa shape index (κ2) is 7.36. The van der Waals surface area contributed by atoms with Crippen LogP contribution < -0.4 is 11.1 Å². The molecular formula is C15H15FN4O4. The number of nitrogens with zero attached hydrogens (tertiary/aromatic N) is 1. The quantitative estimate of drug-likeness (QED) is 0.736. The normalized spacial score (nSPS) is 11.6. The van der Waals surface area contributed by atoms with Crippen LogP contribution in [0.25, 0.3) is 0 Å². The molecule has 9 heteroatoms. The van der Waals surface area contributed by atoms with E-state index in [0.717, 1.165) is 12.1 Å². The highest BCUT2D eigenvalue weighted by Crippen LogP contribution is 2.16. The fourth-order valence-corrected chi connectivity index (χ4v) is 2.00. The van der Waals surface area contributed by atoms with Gasteiger partial charge in [-0.15, -0.1) is 0 Å². The maximum absolute atomic E-state index is 13.5. The summed E-state index contributed by atoms with van der Waals surface area (Å²) in [4.78, 5) is 35.0. The average molecular weight is 334 g/mol. The summed E-state index contributed by atoms with van der Waals surface area (Å²) < 4.78 is 18.1. The maximum atomic E-state index is 13.5. The summed E-state index contributed by atoms with van der Waals surface area (Å²) in [5, 5.41) is 8.77. The number of carbonyl (C=O) groups excluding carboxylic acids is 3. The average Bonchev–Trinajstić information content (AvgIpc) is 3.01. The highest BCUT2D eigenvalue weighted by Gasteiger charge is 2.21. The van der Waals surface area contributed by atoms with Crippen molar-refractivity contribution in [2.75, 3.05) is 5.32 Å². The van der Waals surface area contributed by atoms with Crippen LogP contribution in [0.3, 0.4) is 0 Å². The van der Waals surface area contributed by atoms with Crippen LogP contribution in [0, 0.1) is 5.82 Å². The molecule has 0 saturated carbocycles. The number of nitrogens with two attached hydrogens (primary N) is 1. The van der Waals surface area contributed by atoms with E-state index < -0.39 is 29.7 Å². The van der Waals surface area contributed by atoms with Crippen molar-refractivity contribution in [3.8, 4) is 0 Å². The topological polar surface area (TPSA) is 127 Å². The Morgan fingerprint density at radius 3 is 2.75 bits per heavy atom. The van der Waals surface area contributed by atoms with E-state index in [9.17, 15) is 18.8 Å². The van der Waals surface area contributed by atoms with Crippen molar-refractivity contribution < 1.29 is 23.5 Å². The molecule has 2 amide bonds. The number of amides is 2. The number of halogens is 1. The summed E-state index contributed by atoms with van der Waals surface area (Å²) in [6.07, 6.45) is -0.867. The number of H-pyrrole nitrogens is 1. The van der Waals surface area contributed by atoms with Crippen molar-refractivity contribution in [1.29, 1.82) is 0 Å². The molecular weight excluding hydrogens is 319 g/mol. The van der Waals surface area contributed by atoms with Crippen molar-refractivity contribution in [1.82, 2.24) is 10.2 Å². The van der Waals surface area contributed by atoms with Gasteiger partial charge in [0.1, 0.15) is 5.82 Å². The standard InChI is InChI=1S/C15H15FN4O4/c1-8(24-15(17)23)12(21)6-9-2-3-10(16)7-11(9)14(22)19-13-4-5-18-20-13/h2-5,7-8H,6H2,1H3,(H2,17,23)(H2,18,19,20,22)/t8-/m0/s1. The van der Waals surface area contributed by atoms with Crippen molar-refractivity contribution in [3.05, 3.63) is 47.4 Å². The van der Waals surface area contributed by atoms with Crippen LogP contribution >= 0.6 is 0 Å². The minimum atomic E-state index is -1.08. The Hall–Kier alpha value is -3.23. The summed E-state index contributed by atoms with van der Waals surface area (Å²) in [5.41, 5.74) is 5.13. The number of benzene rings is 1. The van der Waals surface area contributed by atoms with Crippen LogP contribution in [0.15, 0.2) is 30.5 Å². The Morgan fingerprint density at radius 2 is 2.12 bits per heavy atom. The molecule has 2 rings (SSSR count). The monoisotopic (exact) mass is 334 g/mol. The molecule has 2 aromatic rings. The first-order valence-corrected chi connectivity index (χ1v) is 6.95. The van der Waals surface area contributed by atoms with Crippen molar-refractivity contribution in [2.45, 2.75) is 19.4 Å². The number of carbonyl (C=O) groups is 3. The Labute approximate surface area is 136 Å². The SMILES string of the molecule is C[C@H](OC(N)=O)C(=O)Cc1ccc(F)cc1C(=O)Nc1cc[nH]n1. The number of primary amides is 1. The first-order chi connectivity index (χ1) is 11.4. The molecule has 1 heterocycles. The van der Waals surface area contributed by atoms with E-state index in [2.05, 4.69) is 20.3 Å². The lowest BCUT2D eigenvalue weighted by molar-refractivity contribution is -0.125. The fourth-order valence-electron chi connectivity index (χ4n) is 2.00. The number of ketones is 1. The first-order valence-electron chi connectivity index (χ1n) is 6.95. The van der Waals surface area contributed by atoms with Crippen LogP contribution in [0.2, 0.25) is 0 Å². The number of rotatable bonds is 6. The number of hydrogen-bond donors (Lipinski definition) is 3. The van der Waals surface area contributed by atoms with Crippen molar-refractivity contribution in [3.63, 3.8) is 0 Å². The molecule has 8 nitrogen and oxygen atoms in total. The Kier molecular flexibility index (Phi) is 5.25. The molecule has 1 aromatic heterocycles. The van der Waals surface area contributed by atoms with Gasteiger partial charge >= 0.3 is 6.09 Å². The lowest BCUT2D eigenvalue weighted by Gasteiger charge is -2.12. The molecule has 0 saturated heterocycles. The zero-order chi connectivity index (χ0) is 17.7. The molecule has 0 bridgehead atoms. The Morgan fingerprint density at radius 1 is 1.38 bits per heavy atom. The van der Waals surface area contributed by atoms with Crippen molar-refractivity contribution in [2.24, 2.45) is 5.73 Å². The number of aromatic amines is 1. The summed E-state index contributed by atoms with van der Waals surface area (Å²) >= 11 is 0. The van der Waals surface area contributed by atoms with Gasteiger partial charge in [-0.05, 0) is 24.6 Å². The summed E-state index contributed by atoms with van der Waals surface area (Å²) in [6, 6.07) is 4.99. The molecule has 0 aliphatic heterocycles. The molecule has 0 spiro atoms. The van der Waals surface area contributed by atoms with Gasteiger partial charge in [-0.2, -0.15) is 5.10 Å². The third-order valence-corrected chi connectivity index (χ3v) is 3.17. The molecule has 0 unspecified atom stereocenters. The van der Waals surface area contributed by atoms with Gasteiger partial charge in [-0.25, -0.2) is 9.18 Å². The molecule has 24 heavy (non-hydrogen) atoms. The lowest BCUT2D eigenvalue weighted by Crippen LogP contribution is -2.29. The van der Waals surface area contributed by atoms with E-state index in [0.29, 0.717) is 0 Å². The predicted octanol–water partition coefficient (Wildman–Crippen LogP) is 1.40. The van der Waals surface area contributed by atoms with Crippen LogP contribution in [-0.4, -0.2) is 34.1 Å². The summed E-state index contributed by atoms with van der Waals surface area (Å²) in [7, 11) is 0. The maximum Gasteiger partial charge on any atom is 0.405 e. The Bertz CT molecular complexity index is 761. The van der Waals surface area contributed by atoms with Crippen LogP contribution in [-0.2, 0) is 16.0 Å². The van der Waals surface area contributed by atoms with Gasteiger partial charge in [0.2, 0.25) is 0 Å². The molecule has 1 aromatic carbocycles. The van der Waals surface area contributed by atoms with E-state index in [1.54, 1.807) is 0 Å². The second-order valence-electron chi connectivity index (χ2n) is 4.94. The molecule has 126 valence electrons. The number of nitrogens with one attached hydrogen (secondary N) is 2. The number of hydrogen-bond acceptors (Lipinski definition) is 5. The number of Topliss-reactive ketones (excluding diaryl/α,β-unsaturated/α-hetero) is 1. The third-order valence-electron chi connectivity index (χ3n) is 3.17. The van der Waals surface area contributed by atoms with E-state index in [-0.39, 0.29) is 23.4 Å². The van der Waals surface area contributed by atoms with Gasteiger partial charge in [0, 0.05) is 24.2 Å². The molecule has 0 radical (unpaired) electrons. The zero-order valence-electron chi connectivity index (χ0n) is 12.7. The predicted molar refractivity (Wildman–Crippen MR) is 81.8 cm³/mol. The minimum absolute atomic E-state index is 0.0161. The highest BCUT2D eigenvalue weighted by molar-refractivity contribution is 6.05. The van der Waals surface area contributed by atoms with E-state index in [4.69, 9.17) is 5.73 Å². The van der Waals surface area contributed by atoms with Gasteiger partial charge in [0.25, 0.3) is 5.91 Å². The third kappa shape index (κ3) is 4.38. The largest absolute Gasteiger partial charge is 0.439 e. The molecule has 1 atom stereocenters. The summed E-state index contributed by atoms with van der Waals surface area (Å²) in [5.74, 6) is -1.46. The summed E-state index contributed by atoms with van der Waals surface area (Å²) in [6.45, 7) is 1.36. The smallest absolute Gasteiger partial charge is 0.405 e.